The maximum absolute atomic E-state index is 13.2. The molecule has 0 spiro atoms. The van der Waals surface area contributed by atoms with Crippen LogP contribution in [0.2, 0.25) is 0 Å². The van der Waals surface area contributed by atoms with E-state index in [9.17, 15) is 9.59 Å². The molecule has 1 amide bonds. The van der Waals surface area contributed by atoms with E-state index in [0.29, 0.717) is 28.4 Å². The molecular weight excluding hydrogens is 410 g/mol. The standard InChI is InChI=1S/C23H23N5O2S/c1-16(2)28-20(12-13-24-28)26-21(29)15-31-23-25-19-11-7-6-10-18(19)22(30)27(23)14-17-8-4-3-5-9-17/h3-13,16H,14-15H2,1-2H3,(H,26,29). The van der Waals surface area contributed by atoms with E-state index in [4.69, 9.17) is 0 Å². The van der Waals surface area contributed by atoms with Gasteiger partial charge in [-0.1, -0.05) is 54.2 Å². The van der Waals surface area contributed by atoms with E-state index in [-0.39, 0.29) is 23.3 Å². The van der Waals surface area contributed by atoms with Crippen molar-refractivity contribution in [1.29, 1.82) is 0 Å². The molecule has 0 aliphatic carbocycles. The highest BCUT2D eigenvalue weighted by Crippen LogP contribution is 2.20. The summed E-state index contributed by atoms with van der Waals surface area (Å²) >= 11 is 1.25. The molecule has 0 unspecified atom stereocenters. The monoisotopic (exact) mass is 433 g/mol. The quantitative estimate of drug-likeness (QED) is 0.352. The molecule has 0 bridgehead atoms. The maximum Gasteiger partial charge on any atom is 0.262 e. The number of carbonyl (C=O) groups excluding carboxylic acids is 1. The van der Waals surface area contributed by atoms with Crippen LogP contribution >= 0.6 is 11.8 Å². The van der Waals surface area contributed by atoms with Crippen LogP contribution in [0.5, 0.6) is 0 Å². The third-order valence-corrected chi connectivity index (χ3v) is 5.75. The van der Waals surface area contributed by atoms with Gasteiger partial charge in [-0.05, 0) is 31.5 Å². The molecule has 0 saturated heterocycles. The van der Waals surface area contributed by atoms with Gasteiger partial charge in [0, 0.05) is 12.1 Å². The zero-order valence-electron chi connectivity index (χ0n) is 17.4. The number of thioether (sulfide) groups is 1. The number of amides is 1. The third kappa shape index (κ3) is 4.69. The summed E-state index contributed by atoms with van der Waals surface area (Å²) in [6, 6.07) is 18.9. The van der Waals surface area contributed by atoms with Crippen molar-refractivity contribution in [3.05, 3.63) is 82.8 Å². The summed E-state index contributed by atoms with van der Waals surface area (Å²) in [7, 11) is 0. The fourth-order valence-electron chi connectivity index (χ4n) is 3.30. The molecule has 2 aromatic carbocycles. The fourth-order valence-corrected chi connectivity index (χ4v) is 4.10. The summed E-state index contributed by atoms with van der Waals surface area (Å²) < 4.78 is 3.39. The smallest absolute Gasteiger partial charge is 0.262 e. The SMILES string of the molecule is CC(C)n1nccc1NC(=O)CSc1nc2ccccc2c(=O)n1Cc1ccccc1. The van der Waals surface area contributed by atoms with Crippen LogP contribution in [0.15, 0.2) is 76.8 Å². The second-order valence-corrected chi connectivity index (χ2v) is 8.32. The van der Waals surface area contributed by atoms with Gasteiger partial charge in [-0.2, -0.15) is 5.10 Å². The molecule has 2 aromatic heterocycles. The van der Waals surface area contributed by atoms with Gasteiger partial charge in [0.05, 0.1) is 29.4 Å². The molecule has 7 nitrogen and oxygen atoms in total. The number of hydrogen-bond acceptors (Lipinski definition) is 5. The Balaban J connectivity index is 1.60. The first-order valence-corrected chi connectivity index (χ1v) is 11.0. The van der Waals surface area contributed by atoms with Crippen molar-refractivity contribution < 1.29 is 4.79 Å². The summed E-state index contributed by atoms with van der Waals surface area (Å²) in [6.45, 7) is 4.39. The van der Waals surface area contributed by atoms with E-state index in [2.05, 4.69) is 15.4 Å². The summed E-state index contributed by atoms with van der Waals surface area (Å²) in [5.41, 5.74) is 1.50. The highest BCUT2D eigenvalue weighted by molar-refractivity contribution is 7.99. The minimum atomic E-state index is -0.180. The summed E-state index contributed by atoms with van der Waals surface area (Å²) in [6.07, 6.45) is 1.66. The van der Waals surface area contributed by atoms with Crippen LogP contribution in [0.3, 0.4) is 0 Å². The van der Waals surface area contributed by atoms with Crippen LogP contribution in [-0.2, 0) is 11.3 Å². The lowest BCUT2D eigenvalue weighted by Crippen LogP contribution is -2.25. The molecule has 1 N–H and O–H groups in total. The second-order valence-electron chi connectivity index (χ2n) is 7.38. The van der Waals surface area contributed by atoms with Crippen LogP contribution in [0.1, 0.15) is 25.5 Å². The molecule has 8 heteroatoms. The zero-order chi connectivity index (χ0) is 21.8. The number of benzene rings is 2. The van der Waals surface area contributed by atoms with E-state index in [1.807, 2.05) is 62.4 Å². The molecular formula is C23H23N5O2S. The van der Waals surface area contributed by atoms with Gasteiger partial charge in [0.15, 0.2) is 5.16 Å². The Bertz CT molecular complexity index is 1260. The van der Waals surface area contributed by atoms with Gasteiger partial charge in [-0.25, -0.2) is 9.67 Å². The highest BCUT2D eigenvalue weighted by Gasteiger charge is 2.15. The molecule has 0 saturated carbocycles. The molecule has 0 aliphatic heterocycles. The molecule has 0 fully saturated rings. The minimum absolute atomic E-state index is 0.116. The van der Waals surface area contributed by atoms with Gasteiger partial charge >= 0.3 is 0 Å². The number of hydrogen-bond donors (Lipinski definition) is 1. The first-order valence-electron chi connectivity index (χ1n) is 10.0. The number of carbonyl (C=O) groups is 1. The van der Waals surface area contributed by atoms with Crippen molar-refractivity contribution in [2.45, 2.75) is 31.6 Å². The van der Waals surface area contributed by atoms with Gasteiger partial charge in [0.2, 0.25) is 5.91 Å². The third-order valence-electron chi connectivity index (χ3n) is 4.77. The van der Waals surface area contributed by atoms with Crippen molar-refractivity contribution in [2.75, 3.05) is 11.1 Å². The lowest BCUT2D eigenvalue weighted by atomic mass is 10.2. The summed E-state index contributed by atoms with van der Waals surface area (Å²) in [4.78, 5) is 30.4. The predicted molar refractivity (Wildman–Crippen MR) is 124 cm³/mol. The number of fused-ring (bicyclic) bond motifs is 1. The lowest BCUT2D eigenvalue weighted by Gasteiger charge is -2.14. The fraction of sp³-hybridized carbons (Fsp3) is 0.217. The molecule has 0 aliphatic rings. The van der Waals surface area contributed by atoms with Gasteiger partial charge in [0.25, 0.3) is 5.56 Å². The Hall–Kier alpha value is -3.39. The van der Waals surface area contributed by atoms with Crippen molar-refractivity contribution in [3.63, 3.8) is 0 Å². The topological polar surface area (TPSA) is 81.8 Å². The summed E-state index contributed by atoms with van der Waals surface area (Å²) in [5.74, 6) is 0.595. The largest absolute Gasteiger partial charge is 0.310 e. The van der Waals surface area contributed by atoms with Gasteiger partial charge in [0.1, 0.15) is 5.82 Å². The normalized spacial score (nSPS) is 11.2. The Morgan fingerprint density at radius 2 is 1.81 bits per heavy atom. The van der Waals surface area contributed by atoms with E-state index in [1.165, 1.54) is 11.8 Å². The molecule has 0 atom stereocenters. The van der Waals surface area contributed by atoms with E-state index < -0.39 is 0 Å². The Labute approximate surface area is 184 Å². The minimum Gasteiger partial charge on any atom is -0.310 e. The number of para-hydroxylation sites is 1. The molecule has 4 aromatic rings. The van der Waals surface area contributed by atoms with Gasteiger partial charge < -0.3 is 5.32 Å². The van der Waals surface area contributed by atoms with Crippen molar-refractivity contribution in [1.82, 2.24) is 19.3 Å². The van der Waals surface area contributed by atoms with Crippen molar-refractivity contribution in [2.24, 2.45) is 0 Å². The van der Waals surface area contributed by atoms with Crippen LogP contribution in [-0.4, -0.2) is 31.0 Å². The summed E-state index contributed by atoms with van der Waals surface area (Å²) in [5, 5.41) is 8.20. The zero-order valence-corrected chi connectivity index (χ0v) is 18.2. The van der Waals surface area contributed by atoms with E-state index >= 15 is 0 Å². The molecule has 158 valence electrons. The highest BCUT2D eigenvalue weighted by atomic mass is 32.2. The van der Waals surface area contributed by atoms with E-state index in [1.54, 1.807) is 27.6 Å². The molecule has 4 rings (SSSR count). The Kier molecular flexibility index (Phi) is 6.18. The van der Waals surface area contributed by atoms with Crippen LogP contribution in [0.4, 0.5) is 5.82 Å². The Morgan fingerprint density at radius 3 is 2.58 bits per heavy atom. The van der Waals surface area contributed by atoms with Crippen LogP contribution < -0.4 is 10.9 Å². The number of nitrogens with zero attached hydrogens (tertiary/aromatic N) is 4. The number of rotatable bonds is 7. The molecule has 31 heavy (non-hydrogen) atoms. The lowest BCUT2D eigenvalue weighted by molar-refractivity contribution is -0.113. The second kappa shape index (κ2) is 9.18. The van der Waals surface area contributed by atoms with E-state index in [0.717, 1.165) is 5.56 Å². The number of nitrogens with one attached hydrogen (secondary N) is 1. The van der Waals surface area contributed by atoms with Crippen molar-refractivity contribution in [3.8, 4) is 0 Å². The molecule has 0 radical (unpaired) electrons. The van der Waals surface area contributed by atoms with Crippen molar-refractivity contribution >= 4 is 34.4 Å². The van der Waals surface area contributed by atoms with Gasteiger partial charge in [-0.3, -0.25) is 14.2 Å². The average molecular weight is 434 g/mol. The Morgan fingerprint density at radius 1 is 1.06 bits per heavy atom. The van der Waals surface area contributed by atoms with Gasteiger partial charge in [-0.15, -0.1) is 0 Å². The number of aromatic nitrogens is 4. The average Bonchev–Trinajstić information content (AvgIpc) is 3.24. The predicted octanol–water partition coefficient (Wildman–Crippen LogP) is 3.95. The van der Waals surface area contributed by atoms with Crippen LogP contribution in [0, 0.1) is 0 Å². The number of anilines is 1. The first-order chi connectivity index (χ1) is 15.0. The first kappa shape index (κ1) is 20.9. The van der Waals surface area contributed by atoms with Crippen LogP contribution in [0.25, 0.3) is 10.9 Å². The maximum atomic E-state index is 13.2. The molecule has 2 heterocycles.